The van der Waals surface area contributed by atoms with Crippen molar-refractivity contribution in [1.29, 1.82) is 0 Å². The van der Waals surface area contributed by atoms with Gasteiger partial charge in [0, 0.05) is 18.3 Å². The van der Waals surface area contributed by atoms with E-state index in [1.54, 1.807) is 18.3 Å². The van der Waals surface area contributed by atoms with Gasteiger partial charge in [-0.1, -0.05) is 0 Å². The molecule has 0 spiro atoms. The van der Waals surface area contributed by atoms with Crippen LogP contribution in [0.1, 0.15) is 24.0 Å². The third-order valence-electron chi connectivity index (χ3n) is 2.72. The first-order chi connectivity index (χ1) is 8.47. The molecule has 5 heteroatoms. The van der Waals surface area contributed by atoms with E-state index >= 15 is 0 Å². The molecule has 2 aromatic rings. The second-order valence-electron chi connectivity index (χ2n) is 4.58. The largest absolute Gasteiger partial charge is 0.384 e. The molecule has 4 nitrogen and oxygen atoms in total. The number of nitrogens with zero attached hydrogens (tertiary/aromatic N) is 2. The number of anilines is 1. The van der Waals surface area contributed by atoms with Crippen molar-refractivity contribution in [2.45, 2.75) is 26.4 Å². The Hall–Kier alpha value is -1.46. The van der Waals surface area contributed by atoms with E-state index in [-0.39, 0.29) is 0 Å². The van der Waals surface area contributed by atoms with E-state index < -0.39 is 5.60 Å². The minimum atomic E-state index is -0.896. The van der Waals surface area contributed by atoms with Gasteiger partial charge in [-0.3, -0.25) is 0 Å². The summed E-state index contributed by atoms with van der Waals surface area (Å²) in [6.07, 6.45) is 0. The van der Waals surface area contributed by atoms with Gasteiger partial charge in [0.1, 0.15) is 17.2 Å². The molecule has 2 aromatic heterocycles. The van der Waals surface area contributed by atoms with Gasteiger partial charge in [-0.25, -0.2) is 9.97 Å². The highest BCUT2D eigenvalue weighted by molar-refractivity contribution is 7.08. The number of nitrogens with one attached hydrogen (secondary N) is 1. The summed E-state index contributed by atoms with van der Waals surface area (Å²) in [6, 6.07) is 3.81. The quantitative estimate of drug-likeness (QED) is 0.889. The summed E-state index contributed by atoms with van der Waals surface area (Å²) in [7, 11) is 0. The van der Waals surface area contributed by atoms with Crippen LogP contribution in [0, 0.1) is 13.8 Å². The van der Waals surface area contributed by atoms with E-state index in [4.69, 9.17) is 0 Å². The molecule has 96 valence electrons. The van der Waals surface area contributed by atoms with Crippen LogP contribution in [0.2, 0.25) is 0 Å². The van der Waals surface area contributed by atoms with Gasteiger partial charge in [0.25, 0.3) is 0 Å². The molecule has 0 saturated carbocycles. The topological polar surface area (TPSA) is 58.0 Å². The highest BCUT2D eigenvalue weighted by Gasteiger charge is 2.23. The van der Waals surface area contributed by atoms with Crippen LogP contribution in [-0.4, -0.2) is 21.6 Å². The Labute approximate surface area is 111 Å². The first kappa shape index (κ1) is 13.0. The van der Waals surface area contributed by atoms with Crippen molar-refractivity contribution < 1.29 is 5.11 Å². The molecule has 0 fully saturated rings. The predicted molar refractivity (Wildman–Crippen MR) is 73.9 cm³/mol. The van der Waals surface area contributed by atoms with Crippen molar-refractivity contribution in [3.63, 3.8) is 0 Å². The van der Waals surface area contributed by atoms with Gasteiger partial charge in [0.2, 0.25) is 0 Å². The Bertz CT molecular complexity index is 503. The van der Waals surface area contributed by atoms with Crippen LogP contribution in [0.5, 0.6) is 0 Å². The highest BCUT2D eigenvalue weighted by Crippen LogP contribution is 2.23. The maximum Gasteiger partial charge on any atom is 0.130 e. The fourth-order valence-corrected chi connectivity index (χ4v) is 2.53. The van der Waals surface area contributed by atoms with Gasteiger partial charge in [-0.15, -0.1) is 0 Å². The first-order valence-corrected chi connectivity index (χ1v) is 6.73. The highest BCUT2D eigenvalue weighted by atomic mass is 32.1. The van der Waals surface area contributed by atoms with Crippen molar-refractivity contribution in [3.8, 4) is 0 Å². The van der Waals surface area contributed by atoms with Gasteiger partial charge < -0.3 is 10.4 Å². The maximum atomic E-state index is 10.4. The molecular weight excluding hydrogens is 246 g/mol. The Morgan fingerprint density at radius 2 is 2.17 bits per heavy atom. The lowest BCUT2D eigenvalue weighted by Gasteiger charge is -2.23. The van der Waals surface area contributed by atoms with E-state index in [2.05, 4.69) is 15.3 Å². The summed E-state index contributed by atoms with van der Waals surface area (Å²) in [5.41, 5.74) is 0.940. The molecule has 1 atom stereocenters. The van der Waals surface area contributed by atoms with Crippen molar-refractivity contribution in [2.75, 3.05) is 11.9 Å². The SMILES string of the molecule is Cc1cc(NCC(C)(O)c2ccsc2)nc(C)n1. The number of aromatic nitrogens is 2. The lowest BCUT2D eigenvalue weighted by molar-refractivity contribution is 0.0719. The third kappa shape index (κ3) is 3.05. The van der Waals surface area contributed by atoms with Crippen LogP contribution in [0.4, 0.5) is 5.82 Å². The van der Waals surface area contributed by atoms with Crippen LogP contribution in [0.15, 0.2) is 22.9 Å². The lowest BCUT2D eigenvalue weighted by atomic mass is 9.99. The summed E-state index contributed by atoms with van der Waals surface area (Å²) >= 11 is 1.58. The normalized spacial score (nSPS) is 14.2. The lowest BCUT2D eigenvalue weighted by Crippen LogP contribution is -2.30. The van der Waals surface area contributed by atoms with Gasteiger partial charge in [-0.05, 0) is 43.2 Å². The summed E-state index contributed by atoms with van der Waals surface area (Å²) in [6.45, 7) is 5.99. The van der Waals surface area contributed by atoms with E-state index in [1.807, 2.05) is 36.7 Å². The van der Waals surface area contributed by atoms with Crippen molar-refractivity contribution in [1.82, 2.24) is 9.97 Å². The minimum absolute atomic E-state index is 0.416. The van der Waals surface area contributed by atoms with Crippen LogP contribution in [-0.2, 0) is 5.60 Å². The molecule has 1 unspecified atom stereocenters. The average molecular weight is 263 g/mol. The summed E-state index contributed by atoms with van der Waals surface area (Å²) < 4.78 is 0. The van der Waals surface area contributed by atoms with Gasteiger partial charge in [0.15, 0.2) is 0 Å². The number of aryl methyl sites for hydroxylation is 2. The molecule has 2 rings (SSSR count). The molecule has 18 heavy (non-hydrogen) atoms. The summed E-state index contributed by atoms with van der Waals surface area (Å²) in [4.78, 5) is 8.50. The molecule has 0 radical (unpaired) electrons. The molecule has 2 heterocycles. The number of hydrogen-bond donors (Lipinski definition) is 2. The van der Waals surface area contributed by atoms with Crippen molar-refractivity contribution in [2.24, 2.45) is 0 Å². The van der Waals surface area contributed by atoms with E-state index in [1.165, 1.54) is 0 Å². The van der Waals surface area contributed by atoms with Gasteiger partial charge >= 0.3 is 0 Å². The summed E-state index contributed by atoms with van der Waals surface area (Å²) in [5.74, 6) is 1.48. The minimum Gasteiger partial charge on any atom is -0.384 e. The zero-order chi connectivity index (χ0) is 13.2. The molecule has 0 bridgehead atoms. The zero-order valence-corrected chi connectivity index (χ0v) is 11.6. The van der Waals surface area contributed by atoms with Crippen molar-refractivity contribution >= 4 is 17.2 Å². The Kier molecular flexibility index (Phi) is 3.63. The molecule has 0 aliphatic rings. The standard InChI is InChI=1S/C13H17N3OS/c1-9-6-12(16-10(2)15-9)14-8-13(3,17)11-4-5-18-7-11/h4-7,17H,8H2,1-3H3,(H,14,15,16). The predicted octanol–water partition coefficient (Wildman–Crippen LogP) is 2.47. The number of thiophene rings is 1. The van der Waals surface area contributed by atoms with E-state index in [0.29, 0.717) is 6.54 Å². The van der Waals surface area contributed by atoms with Crippen molar-refractivity contribution in [3.05, 3.63) is 40.0 Å². The van der Waals surface area contributed by atoms with E-state index in [9.17, 15) is 5.11 Å². The number of aliphatic hydroxyl groups is 1. The molecule has 0 aromatic carbocycles. The zero-order valence-electron chi connectivity index (χ0n) is 10.8. The van der Waals surface area contributed by atoms with Crippen LogP contribution >= 0.6 is 11.3 Å². The van der Waals surface area contributed by atoms with Crippen LogP contribution in [0.25, 0.3) is 0 Å². The summed E-state index contributed by atoms with van der Waals surface area (Å²) in [5, 5.41) is 17.5. The number of rotatable bonds is 4. The molecule has 0 amide bonds. The van der Waals surface area contributed by atoms with Gasteiger partial charge in [-0.2, -0.15) is 11.3 Å². The first-order valence-electron chi connectivity index (χ1n) is 5.78. The molecular formula is C13H17N3OS. The Balaban J connectivity index is 2.07. The Morgan fingerprint density at radius 1 is 1.39 bits per heavy atom. The molecule has 0 aliphatic carbocycles. The van der Waals surface area contributed by atoms with Crippen LogP contribution < -0.4 is 5.32 Å². The van der Waals surface area contributed by atoms with Crippen LogP contribution in [0.3, 0.4) is 0 Å². The maximum absolute atomic E-state index is 10.4. The molecule has 0 aliphatic heterocycles. The third-order valence-corrected chi connectivity index (χ3v) is 3.41. The smallest absolute Gasteiger partial charge is 0.130 e. The fraction of sp³-hybridized carbons (Fsp3) is 0.385. The van der Waals surface area contributed by atoms with E-state index in [0.717, 1.165) is 22.9 Å². The molecule has 0 saturated heterocycles. The second-order valence-corrected chi connectivity index (χ2v) is 5.36. The Morgan fingerprint density at radius 3 is 2.78 bits per heavy atom. The number of hydrogen-bond acceptors (Lipinski definition) is 5. The fourth-order valence-electron chi connectivity index (χ4n) is 1.74. The monoisotopic (exact) mass is 263 g/mol. The average Bonchev–Trinajstić information content (AvgIpc) is 2.79. The molecule has 2 N–H and O–H groups in total. The van der Waals surface area contributed by atoms with Gasteiger partial charge in [0.05, 0.1) is 0 Å². The second kappa shape index (κ2) is 5.04.